The third kappa shape index (κ3) is 6.89. The second kappa shape index (κ2) is 13.0. The van der Waals surface area contributed by atoms with Gasteiger partial charge in [-0.25, -0.2) is 4.79 Å². The van der Waals surface area contributed by atoms with E-state index in [0.717, 1.165) is 37.7 Å². The minimum absolute atomic E-state index is 0.0103. The van der Waals surface area contributed by atoms with Crippen LogP contribution in [0.3, 0.4) is 0 Å². The van der Waals surface area contributed by atoms with Crippen molar-refractivity contribution < 1.29 is 38.4 Å². The number of amides is 2. The Hall–Kier alpha value is -3.05. The van der Waals surface area contributed by atoms with Gasteiger partial charge in [-0.15, -0.1) is 0 Å². The lowest BCUT2D eigenvalue weighted by molar-refractivity contribution is -0.121. The number of ether oxygens (including phenoxy) is 4. The molecule has 10 heteroatoms. The van der Waals surface area contributed by atoms with Crippen LogP contribution < -0.4 is 10.6 Å². The Morgan fingerprint density at radius 3 is 2.71 bits per heavy atom. The number of carbonyl (C=O) groups is 3. The van der Waals surface area contributed by atoms with Gasteiger partial charge in [0.25, 0.3) is 0 Å². The Morgan fingerprint density at radius 2 is 1.91 bits per heavy atom. The summed E-state index contributed by atoms with van der Waals surface area (Å²) >= 11 is 0. The van der Waals surface area contributed by atoms with Crippen molar-refractivity contribution >= 4 is 23.9 Å². The SMILES string of the molecule is CC1(C)CC2C(=Cc3ccccc3C(=O)OC3CC(C(=O)NCCC(=O)NCCO)=CC4OCOC43)CCC3OC3(C)CCC21. The number of rotatable bonds is 9. The molecule has 1 aromatic rings. The number of benzene rings is 1. The second-order valence-corrected chi connectivity index (χ2v) is 14.0. The summed E-state index contributed by atoms with van der Waals surface area (Å²) < 4.78 is 23.7. The van der Waals surface area contributed by atoms with Gasteiger partial charge in [0.15, 0.2) is 0 Å². The monoisotopic (exact) mass is 622 g/mol. The number of carbonyl (C=O) groups excluding carboxylic acids is 3. The number of allylic oxidation sites excluding steroid dienone is 1. The summed E-state index contributed by atoms with van der Waals surface area (Å²) in [7, 11) is 0. The summed E-state index contributed by atoms with van der Waals surface area (Å²) in [6.45, 7) is 7.19. The van der Waals surface area contributed by atoms with E-state index in [0.29, 0.717) is 29.1 Å². The molecule has 3 aliphatic carbocycles. The molecule has 45 heavy (non-hydrogen) atoms. The zero-order valence-corrected chi connectivity index (χ0v) is 26.5. The summed E-state index contributed by atoms with van der Waals surface area (Å²) in [5.41, 5.74) is 3.43. The summed E-state index contributed by atoms with van der Waals surface area (Å²) in [5.74, 6) is 0.0170. The Labute approximate surface area is 264 Å². The van der Waals surface area contributed by atoms with Crippen LogP contribution in [-0.2, 0) is 28.5 Å². The molecule has 244 valence electrons. The van der Waals surface area contributed by atoms with Crippen molar-refractivity contribution in [1.29, 1.82) is 0 Å². The van der Waals surface area contributed by atoms with Gasteiger partial charge in [0.05, 0.1) is 23.9 Å². The third-order valence-electron chi connectivity index (χ3n) is 10.5. The maximum atomic E-state index is 13.8. The summed E-state index contributed by atoms with van der Waals surface area (Å²) in [4.78, 5) is 38.6. The van der Waals surface area contributed by atoms with Gasteiger partial charge in [-0.05, 0) is 74.0 Å². The average Bonchev–Trinajstić information content (AvgIpc) is 3.39. The van der Waals surface area contributed by atoms with Crippen LogP contribution in [0, 0.1) is 17.3 Å². The van der Waals surface area contributed by atoms with Gasteiger partial charge in [0, 0.05) is 31.5 Å². The van der Waals surface area contributed by atoms with E-state index in [1.54, 1.807) is 12.1 Å². The molecule has 6 rings (SSSR count). The maximum Gasteiger partial charge on any atom is 0.339 e. The first-order chi connectivity index (χ1) is 21.6. The third-order valence-corrected chi connectivity index (χ3v) is 10.5. The standard InChI is InChI=1S/C35H46N2O8/c1-34(2)19-25-22(8-9-29-35(3,45-29)12-10-26(25)34)16-21-6-4-5-7-24(21)33(41)44-28-18-23(17-27-31(28)43-20-42-27)32(40)37-13-11-30(39)36-14-15-38/h4-7,16-17,25-29,31,38H,8-15,18-20H2,1-3H3,(H,36,39)(H,37,40). The molecule has 7 atom stereocenters. The highest BCUT2D eigenvalue weighted by molar-refractivity contribution is 5.95. The highest BCUT2D eigenvalue weighted by Crippen LogP contribution is 2.59. The van der Waals surface area contributed by atoms with Crippen LogP contribution in [0.15, 0.2) is 41.5 Å². The second-order valence-electron chi connectivity index (χ2n) is 14.0. The lowest BCUT2D eigenvalue weighted by Crippen LogP contribution is -2.45. The Morgan fingerprint density at radius 1 is 1.09 bits per heavy atom. The molecule has 3 N–H and O–H groups in total. The van der Waals surface area contributed by atoms with Gasteiger partial charge in [-0.2, -0.15) is 0 Å². The summed E-state index contributed by atoms with van der Waals surface area (Å²) in [6, 6.07) is 7.56. The fourth-order valence-corrected chi connectivity index (χ4v) is 7.83. The van der Waals surface area contributed by atoms with Gasteiger partial charge in [-0.1, -0.05) is 43.7 Å². The van der Waals surface area contributed by atoms with Crippen molar-refractivity contribution in [1.82, 2.24) is 10.6 Å². The number of hydrogen-bond donors (Lipinski definition) is 3. The van der Waals surface area contributed by atoms with Crippen LogP contribution in [0.5, 0.6) is 0 Å². The van der Waals surface area contributed by atoms with Crippen molar-refractivity contribution in [2.45, 2.75) is 95.7 Å². The number of nitrogens with one attached hydrogen (secondary N) is 2. The van der Waals surface area contributed by atoms with E-state index in [2.05, 4.69) is 37.5 Å². The molecular weight excluding hydrogens is 576 g/mol. The van der Waals surface area contributed by atoms with Crippen molar-refractivity contribution in [3.63, 3.8) is 0 Å². The number of aliphatic hydroxyl groups is 1. The summed E-state index contributed by atoms with van der Waals surface area (Å²) in [6.07, 6.45) is 8.07. The smallest absolute Gasteiger partial charge is 0.339 e. The van der Waals surface area contributed by atoms with Gasteiger partial charge in [0.1, 0.15) is 25.1 Å². The number of esters is 1. The largest absolute Gasteiger partial charge is 0.456 e. The molecule has 0 radical (unpaired) electrons. The molecule has 0 aromatic heterocycles. The zero-order chi connectivity index (χ0) is 31.8. The quantitative estimate of drug-likeness (QED) is 0.281. The minimum Gasteiger partial charge on any atom is -0.456 e. The molecule has 10 nitrogen and oxygen atoms in total. The number of hydrogen-bond acceptors (Lipinski definition) is 8. The summed E-state index contributed by atoms with van der Waals surface area (Å²) in [5, 5.41) is 14.2. The minimum atomic E-state index is -0.712. The Bertz CT molecular complexity index is 1370. The highest BCUT2D eigenvalue weighted by Gasteiger charge is 2.56. The van der Waals surface area contributed by atoms with Gasteiger partial charge in [-0.3, -0.25) is 9.59 Å². The van der Waals surface area contributed by atoms with Gasteiger partial charge < -0.3 is 34.7 Å². The van der Waals surface area contributed by atoms with E-state index in [1.165, 1.54) is 5.57 Å². The Balaban J connectivity index is 1.15. The maximum absolute atomic E-state index is 13.8. The first-order valence-electron chi connectivity index (χ1n) is 16.4. The van der Waals surface area contributed by atoms with Crippen LogP contribution >= 0.6 is 0 Å². The topological polar surface area (TPSA) is 136 Å². The molecule has 0 spiro atoms. The van der Waals surface area contributed by atoms with E-state index < -0.39 is 24.3 Å². The van der Waals surface area contributed by atoms with E-state index in [-0.39, 0.29) is 62.2 Å². The van der Waals surface area contributed by atoms with Crippen LogP contribution in [0.4, 0.5) is 0 Å². The van der Waals surface area contributed by atoms with Crippen LogP contribution in [0.2, 0.25) is 0 Å². The van der Waals surface area contributed by atoms with Gasteiger partial charge >= 0.3 is 5.97 Å². The molecule has 2 heterocycles. The van der Waals surface area contributed by atoms with E-state index in [4.69, 9.17) is 24.1 Å². The molecule has 2 aliphatic heterocycles. The Kier molecular flexibility index (Phi) is 9.21. The fraction of sp³-hybridized carbons (Fsp3) is 0.629. The lowest BCUT2D eigenvalue weighted by atomic mass is 9.52. The molecule has 7 unspecified atom stereocenters. The van der Waals surface area contributed by atoms with Crippen molar-refractivity contribution in [2.24, 2.45) is 17.3 Å². The molecule has 2 saturated heterocycles. The van der Waals surface area contributed by atoms with Crippen molar-refractivity contribution in [2.75, 3.05) is 26.5 Å². The molecule has 4 fully saturated rings. The average molecular weight is 623 g/mol. The predicted molar refractivity (Wildman–Crippen MR) is 166 cm³/mol. The van der Waals surface area contributed by atoms with E-state index in [1.807, 2.05) is 18.2 Å². The fourth-order valence-electron chi connectivity index (χ4n) is 7.83. The van der Waals surface area contributed by atoms with Crippen LogP contribution in [0.25, 0.3) is 6.08 Å². The zero-order valence-electron chi connectivity index (χ0n) is 26.5. The number of fused-ring (bicyclic) bond motifs is 3. The molecule has 5 aliphatic rings. The highest BCUT2D eigenvalue weighted by atomic mass is 16.7. The van der Waals surface area contributed by atoms with Gasteiger partial charge in [0.2, 0.25) is 11.8 Å². The molecular formula is C35H46N2O8. The first-order valence-corrected chi connectivity index (χ1v) is 16.4. The molecule has 1 aromatic carbocycles. The molecule has 2 amide bonds. The number of aliphatic hydroxyl groups excluding tert-OH is 1. The van der Waals surface area contributed by atoms with E-state index in [9.17, 15) is 14.4 Å². The number of epoxide rings is 1. The first kappa shape index (κ1) is 31.9. The normalized spacial score (nSPS) is 34.0. The molecule has 0 bridgehead atoms. The van der Waals surface area contributed by atoms with Crippen molar-refractivity contribution in [3.8, 4) is 0 Å². The molecule has 2 saturated carbocycles. The van der Waals surface area contributed by atoms with Crippen LogP contribution in [0.1, 0.15) is 81.6 Å². The lowest BCUT2D eigenvalue weighted by Gasteiger charge is -2.53. The van der Waals surface area contributed by atoms with E-state index >= 15 is 0 Å². The van der Waals surface area contributed by atoms with Crippen molar-refractivity contribution in [3.05, 3.63) is 52.6 Å². The predicted octanol–water partition coefficient (Wildman–Crippen LogP) is 3.68. The van der Waals surface area contributed by atoms with Crippen LogP contribution in [-0.4, -0.2) is 79.4 Å².